The van der Waals surface area contributed by atoms with Crippen LogP contribution in [-0.2, 0) is 6.18 Å². The van der Waals surface area contributed by atoms with Crippen molar-refractivity contribution in [1.29, 1.82) is 0 Å². The Labute approximate surface area is 133 Å². The van der Waals surface area contributed by atoms with Crippen LogP contribution in [0.4, 0.5) is 13.2 Å². The van der Waals surface area contributed by atoms with Crippen LogP contribution < -0.4 is 5.32 Å². The lowest BCUT2D eigenvalue weighted by molar-refractivity contribution is -0.137. The molecule has 0 aliphatic rings. The van der Waals surface area contributed by atoms with Crippen LogP contribution in [0.5, 0.6) is 0 Å². The summed E-state index contributed by atoms with van der Waals surface area (Å²) in [5, 5.41) is 3.39. The van der Waals surface area contributed by atoms with Gasteiger partial charge in [0.2, 0.25) is 0 Å². The fraction of sp³-hybridized carbons (Fsp3) is 0.625. The highest BCUT2D eigenvalue weighted by Gasteiger charge is 2.32. The summed E-state index contributed by atoms with van der Waals surface area (Å²) in [7, 11) is 0. The molecule has 0 bridgehead atoms. The molecule has 0 saturated heterocycles. The standard InChI is InChI=1S/C16H23BrF3N/c1-4-6-11(3)15(21-9-5-2)13-10-12(16(18,19)20)7-8-14(13)17/h7-8,10-11,15,21H,4-6,9H2,1-3H3. The molecule has 2 unspecified atom stereocenters. The number of halogens is 4. The van der Waals surface area contributed by atoms with Crippen molar-refractivity contribution in [1.82, 2.24) is 5.32 Å². The summed E-state index contributed by atoms with van der Waals surface area (Å²) >= 11 is 3.40. The molecule has 1 N–H and O–H groups in total. The Morgan fingerprint density at radius 3 is 2.38 bits per heavy atom. The Balaban J connectivity index is 3.16. The molecule has 0 saturated carbocycles. The Hall–Kier alpha value is -0.550. The first-order valence-electron chi connectivity index (χ1n) is 7.41. The summed E-state index contributed by atoms with van der Waals surface area (Å²) in [5.74, 6) is 0.279. The Bertz CT molecular complexity index is 446. The summed E-state index contributed by atoms with van der Waals surface area (Å²) in [6.07, 6.45) is -1.36. The van der Waals surface area contributed by atoms with Crippen LogP contribution in [0.2, 0.25) is 0 Å². The first-order chi connectivity index (χ1) is 9.81. The van der Waals surface area contributed by atoms with E-state index in [2.05, 4.69) is 42.0 Å². The van der Waals surface area contributed by atoms with Crippen LogP contribution in [0, 0.1) is 5.92 Å². The van der Waals surface area contributed by atoms with Crippen LogP contribution >= 0.6 is 15.9 Å². The summed E-state index contributed by atoms with van der Waals surface area (Å²) in [6, 6.07) is 3.82. The Morgan fingerprint density at radius 2 is 1.86 bits per heavy atom. The van der Waals surface area contributed by atoms with E-state index < -0.39 is 11.7 Å². The van der Waals surface area contributed by atoms with E-state index in [9.17, 15) is 13.2 Å². The minimum absolute atomic E-state index is 0.0680. The maximum Gasteiger partial charge on any atom is 0.416 e. The maximum absolute atomic E-state index is 12.9. The lowest BCUT2D eigenvalue weighted by Gasteiger charge is -2.27. The first-order valence-corrected chi connectivity index (χ1v) is 8.20. The van der Waals surface area contributed by atoms with Crippen LogP contribution in [0.3, 0.4) is 0 Å². The molecule has 0 aliphatic carbocycles. The van der Waals surface area contributed by atoms with E-state index in [0.717, 1.165) is 36.3 Å². The molecule has 2 atom stereocenters. The molecule has 0 spiro atoms. The van der Waals surface area contributed by atoms with Crippen molar-refractivity contribution in [3.05, 3.63) is 33.8 Å². The minimum Gasteiger partial charge on any atom is -0.310 e. The van der Waals surface area contributed by atoms with E-state index in [1.165, 1.54) is 12.1 Å². The normalized spacial score (nSPS) is 15.0. The van der Waals surface area contributed by atoms with E-state index in [4.69, 9.17) is 0 Å². The molecule has 1 aromatic rings. The molecule has 0 aliphatic heterocycles. The van der Waals surface area contributed by atoms with E-state index >= 15 is 0 Å². The molecule has 0 radical (unpaired) electrons. The lowest BCUT2D eigenvalue weighted by atomic mass is 9.90. The van der Waals surface area contributed by atoms with Gasteiger partial charge in [0.25, 0.3) is 0 Å². The monoisotopic (exact) mass is 365 g/mol. The second kappa shape index (κ2) is 8.18. The SMILES string of the molecule is CCCNC(c1cc(C(F)(F)F)ccc1Br)C(C)CCC. The number of hydrogen-bond acceptors (Lipinski definition) is 1. The van der Waals surface area contributed by atoms with Crippen molar-refractivity contribution in [2.24, 2.45) is 5.92 Å². The number of rotatable bonds is 7. The smallest absolute Gasteiger partial charge is 0.310 e. The van der Waals surface area contributed by atoms with Crippen LogP contribution in [0.15, 0.2) is 22.7 Å². The second-order valence-corrected chi connectivity index (χ2v) is 6.29. The van der Waals surface area contributed by atoms with Gasteiger partial charge >= 0.3 is 6.18 Å². The van der Waals surface area contributed by atoms with E-state index in [0.29, 0.717) is 5.56 Å². The van der Waals surface area contributed by atoms with Crippen LogP contribution in [0.1, 0.15) is 57.2 Å². The first kappa shape index (κ1) is 18.5. The molecule has 1 aromatic carbocycles. The van der Waals surface area contributed by atoms with Crippen molar-refractivity contribution >= 4 is 15.9 Å². The highest BCUT2D eigenvalue weighted by molar-refractivity contribution is 9.10. The zero-order chi connectivity index (χ0) is 16.0. The molecular formula is C16H23BrF3N. The third kappa shape index (κ3) is 5.29. The van der Waals surface area contributed by atoms with E-state index in [-0.39, 0.29) is 12.0 Å². The van der Waals surface area contributed by atoms with E-state index in [1.54, 1.807) is 0 Å². The van der Waals surface area contributed by atoms with Gasteiger partial charge in [-0.25, -0.2) is 0 Å². The van der Waals surface area contributed by atoms with Gasteiger partial charge < -0.3 is 5.32 Å². The Kier molecular flexibility index (Phi) is 7.21. The summed E-state index contributed by atoms with van der Waals surface area (Å²) in [4.78, 5) is 0. The fourth-order valence-electron chi connectivity index (χ4n) is 2.50. The van der Waals surface area contributed by atoms with Gasteiger partial charge in [0.1, 0.15) is 0 Å². The third-order valence-electron chi connectivity index (χ3n) is 3.59. The van der Waals surface area contributed by atoms with Crippen LogP contribution in [-0.4, -0.2) is 6.54 Å². The Morgan fingerprint density at radius 1 is 1.19 bits per heavy atom. The van der Waals surface area contributed by atoms with Crippen molar-refractivity contribution in [3.63, 3.8) is 0 Å². The highest BCUT2D eigenvalue weighted by atomic mass is 79.9. The van der Waals surface area contributed by atoms with Gasteiger partial charge in [-0.1, -0.05) is 43.1 Å². The molecular weight excluding hydrogens is 343 g/mol. The maximum atomic E-state index is 12.9. The van der Waals surface area contributed by atoms with Crippen LogP contribution in [0.25, 0.3) is 0 Å². The molecule has 1 nitrogen and oxygen atoms in total. The topological polar surface area (TPSA) is 12.0 Å². The van der Waals surface area contributed by atoms with Crippen molar-refractivity contribution < 1.29 is 13.2 Å². The van der Waals surface area contributed by atoms with Crippen molar-refractivity contribution in [3.8, 4) is 0 Å². The van der Waals surface area contributed by atoms with Gasteiger partial charge in [-0.2, -0.15) is 13.2 Å². The van der Waals surface area contributed by atoms with Gasteiger partial charge in [-0.05, 0) is 49.1 Å². The van der Waals surface area contributed by atoms with E-state index in [1.807, 2.05) is 0 Å². The molecule has 120 valence electrons. The minimum atomic E-state index is -4.31. The van der Waals surface area contributed by atoms with Gasteiger partial charge in [-0.3, -0.25) is 0 Å². The zero-order valence-electron chi connectivity index (χ0n) is 12.7. The number of alkyl halides is 3. The predicted octanol–water partition coefficient (Wildman–Crippen LogP) is 5.94. The highest BCUT2D eigenvalue weighted by Crippen LogP contribution is 2.36. The third-order valence-corrected chi connectivity index (χ3v) is 4.31. The molecule has 1 rings (SSSR count). The molecule has 0 heterocycles. The zero-order valence-corrected chi connectivity index (χ0v) is 14.3. The number of benzene rings is 1. The fourth-order valence-corrected chi connectivity index (χ4v) is 2.99. The summed E-state index contributed by atoms with van der Waals surface area (Å²) in [5.41, 5.74) is 0.104. The molecule has 0 fully saturated rings. The number of hydrogen-bond donors (Lipinski definition) is 1. The van der Waals surface area contributed by atoms with Gasteiger partial charge in [0.05, 0.1) is 5.56 Å². The summed E-state index contributed by atoms with van der Waals surface area (Å²) in [6.45, 7) is 7.02. The van der Waals surface area contributed by atoms with Crippen molar-refractivity contribution in [2.45, 2.75) is 52.3 Å². The van der Waals surface area contributed by atoms with Gasteiger partial charge in [0, 0.05) is 10.5 Å². The lowest BCUT2D eigenvalue weighted by Crippen LogP contribution is -2.28. The quantitative estimate of drug-likeness (QED) is 0.629. The largest absolute Gasteiger partial charge is 0.416 e. The summed E-state index contributed by atoms with van der Waals surface area (Å²) < 4.78 is 39.5. The molecule has 5 heteroatoms. The molecule has 0 amide bonds. The predicted molar refractivity (Wildman–Crippen MR) is 84.3 cm³/mol. The van der Waals surface area contributed by atoms with Gasteiger partial charge in [0.15, 0.2) is 0 Å². The average Bonchev–Trinajstić information content (AvgIpc) is 2.40. The van der Waals surface area contributed by atoms with Gasteiger partial charge in [-0.15, -0.1) is 0 Å². The second-order valence-electron chi connectivity index (χ2n) is 5.43. The molecule has 21 heavy (non-hydrogen) atoms. The number of nitrogens with one attached hydrogen (secondary N) is 1. The molecule has 0 aromatic heterocycles. The average molecular weight is 366 g/mol. The van der Waals surface area contributed by atoms with Crippen molar-refractivity contribution in [2.75, 3.05) is 6.54 Å².